The summed E-state index contributed by atoms with van der Waals surface area (Å²) in [5.41, 5.74) is 20.6. The molecule has 9 aromatic rings. The molecule has 5 heterocycles. The zero-order valence-electron chi connectivity index (χ0n) is 31.0. The Morgan fingerprint density at radius 2 is 1.25 bits per heavy atom. The van der Waals surface area contributed by atoms with Gasteiger partial charge in [0.1, 0.15) is 5.82 Å². The van der Waals surface area contributed by atoms with E-state index in [0.717, 1.165) is 36.0 Å². The van der Waals surface area contributed by atoms with Gasteiger partial charge in [0.05, 0.1) is 34.4 Å². The number of anilines is 1. The number of benzene rings is 6. The fourth-order valence-electron chi connectivity index (χ4n) is 10.6. The number of nitrogens with zero attached hydrogens (tertiary/aromatic N) is 3. The van der Waals surface area contributed by atoms with Gasteiger partial charge in [-0.1, -0.05) is 115 Å². The summed E-state index contributed by atoms with van der Waals surface area (Å²) < 4.78 is 4.81. The minimum absolute atomic E-state index is 0.428. The summed E-state index contributed by atoms with van der Waals surface area (Å²) in [6.07, 6.45) is 10.6. The highest BCUT2D eigenvalue weighted by molar-refractivity contribution is 6.18. The van der Waals surface area contributed by atoms with Crippen molar-refractivity contribution in [2.75, 3.05) is 11.9 Å². The van der Waals surface area contributed by atoms with Gasteiger partial charge in [-0.25, -0.2) is 0 Å². The number of fused-ring (bicyclic) bond motifs is 17. The van der Waals surface area contributed by atoms with Crippen LogP contribution in [0.5, 0.6) is 0 Å². The highest BCUT2D eigenvalue weighted by Gasteiger charge is 2.52. The third-order valence-corrected chi connectivity index (χ3v) is 12.9. The molecule has 2 aliphatic carbocycles. The molecule has 0 radical (unpaired) electrons. The molecule has 13 rings (SSSR count). The molecule has 57 heavy (non-hydrogen) atoms. The van der Waals surface area contributed by atoms with Gasteiger partial charge in [0.2, 0.25) is 0 Å². The van der Waals surface area contributed by atoms with Crippen LogP contribution in [0, 0.1) is 0 Å². The first-order chi connectivity index (χ1) is 28.3. The molecule has 6 aromatic carbocycles. The molecule has 5 heteroatoms. The zero-order chi connectivity index (χ0) is 37.2. The minimum Gasteiger partial charge on any atom is -0.385 e. The number of para-hydroxylation sites is 1. The molecule has 0 bridgehead atoms. The number of rotatable bonds is 3. The van der Waals surface area contributed by atoms with Crippen LogP contribution in [0.4, 0.5) is 5.82 Å². The van der Waals surface area contributed by atoms with E-state index in [1.807, 2.05) is 12.4 Å². The number of aromatic nitrogens is 3. The lowest BCUT2D eigenvalue weighted by molar-refractivity contribution is 0.792. The van der Waals surface area contributed by atoms with E-state index in [9.17, 15) is 0 Å². The molecule has 1 spiro atoms. The molecule has 2 N–H and O–H groups in total. The van der Waals surface area contributed by atoms with Crippen molar-refractivity contribution in [1.82, 2.24) is 19.4 Å². The van der Waals surface area contributed by atoms with E-state index >= 15 is 0 Å². The first-order valence-electron chi connectivity index (χ1n) is 19.8. The maximum absolute atomic E-state index is 5.19. The quantitative estimate of drug-likeness (QED) is 0.190. The molecule has 2 aliphatic heterocycles. The molecule has 0 unspecified atom stereocenters. The summed E-state index contributed by atoms with van der Waals surface area (Å²) >= 11 is 0. The molecule has 0 fully saturated rings. The topological polar surface area (TPSA) is 46.8 Å². The summed E-state index contributed by atoms with van der Waals surface area (Å²) in [7, 11) is 0. The van der Waals surface area contributed by atoms with E-state index < -0.39 is 5.41 Å². The first kappa shape index (κ1) is 30.9. The van der Waals surface area contributed by atoms with Crippen molar-refractivity contribution in [2.24, 2.45) is 0 Å². The molecule has 5 nitrogen and oxygen atoms in total. The second-order valence-electron chi connectivity index (χ2n) is 15.5. The van der Waals surface area contributed by atoms with Crippen LogP contribution >= 0.6 is 0 Å². The predicted octanol–water partition coefficient (Wildman–Crippen LogP) is 11.5. The maximum atomic E-state index is 5.19. The normalized spacial score (nSPS) is 14.8. The van der Waals surface area contributed by atoms with E-state index in [4.69, 9.17) is 4.98 Å². The van der Waals surface area contributed by atoms with Crippen molar-refractivity contribution in [3.63, 3.8) is 0 Å². The average Bonchev–Trinajstić information content (AvgIpc) is 3.99. The number of nitrogens with one attached hydrogen (secondary N) is 2. The molecule has 268 valence electrons. The third kappa shape index (κ3) is 3.95. The highest BCUT2D eigenvalue weighted by Crippen LogP contribution is 2.63. The SMILES string of the molecule is C1=Cc2c3c(n(-c4ccc(-c5ccc(-n6c7ccccc7c7c8c(ccc76)C6(c7ccccc7-c7ccccc76)c6cccnc6-8)cc5)cc4)c2NC1)CNC=C3. The van der Waals surface area contributed by atoms with Crippen molar-refractivity contribution in [3.8, 4) is 44.9 Å². The smallest absolute Gasteiger partial charge is 0.119 e. The Bertz CT molecular complexity index is 3140. The van der Waals surface area contributed by atoms with Gasteiger partial charge in [-0.15, -0.1) is 0 Å². The Balaban J connectivity index is 0.951. The average molecular weight is 730 g/mol. The van der Waals surface area contributed by atoms with Gasteiger partial charge in [0.15, 0.2) is 0 Å². The molecule has 0 saturated carbocycles. The molecule has 0 saturated heterocycles. The lowest BCUT2D eigenvalue weighted by atomic mass is 9.71. The van der Waals surface area contributed by atoms with E-state index in [2.05, 4.69) is 184 Å². The summed E-state index contributed by atoms with van der Waals surface area (Å²) in [6.45, 7) is 1.63. The van der Waals surface area contributed by atoms with Gasteiger partial charge in [0.25, 0.3) is 0 Å². The fraction of sp³-hybridized carbons (Fsp3) is 0.0577. The number of hydrogen-bond donors (Lipinski definition) is 2. The summed E-state index contributed by atoms with van der Waals surface area (Å²) in [4.78, 5) is 5.19. The molecular weight excluding hydrogens is 695 g/mol. The van der Waals surface area contributed by atoms with Crippen LogP contribution in [0.25, 0.3) is 78.8 Å². The monoisotopic (exact) mass is 729 g/mol. The number of pyridine rings is 1. The second-order valence-corrected chi connectivity index (χ2v) is 15.5. The fourth-order valence-corrected chi connectivity index (χ4v) is 10.6. The minimum atomic E-state index is -0.428. The van der Waals surface area contributed by atoms with Crippen LogP contribution in [0.3, 0.4) is 0 Å². The van der Waals surface area contributed by atoms with Gasteiger partial charge in [-0.3, -0.25) is 9.55 Å². The van der Waals surface area contributed by atoms with Crippen LogP contribution in [-0.4, -0.2) is 20.7 Å². The maximum Gasteiger partial charge on any atom is 0.119 e. The van der Waals surface area contributed by atoms with Crippen LogP contribution in [0.15, 0.2) is 164 Å². The van der Waals surface area contributed by atoms with Gasteiger partial charge in [0, 0.05) is 51.6 Å². The molecule has 4 aliphatic rings. The Morgan fingerprint density at radius 3 is 2.02 bits per heavy atom. The summed E-state index contributed by atoms with van der Waals surface area (Å²) in [6, 6.07) is 54.0. The largest absolute Gasteiger partial charge is 0.385 e. The lowest BCUT2D eigenvalue weighted by Gasteiger charge is -2.30. The lowest BCUT2D eigenvalue weighted by Crippen LogP contribution is -2.25. The summed E-state index contributed by atoms with van der Waals surface area (Å²) in [5.74, 6) is 1.16. The molecule has 0 atom stereocenters. The highest BCUT2D eigenvalue weighted by atomic mass is 15.1. The zero-order valence-corrected chi connectivity index (χ0v) is 31.0. The van der Waals surface area contributed by atoms with Crippen molar-refractivity contribution in [3.05, 3.63) is 203 Å². The van der Waals surface area contributed by atoms with E-state index in [-0.39, 0.29) is 0 Å². The number of hydrogen-bond acceptors (Lipinski definition) is 3. The van der Waals surface area contributed by atoms with Crippen LogP contribution in [0.2, 0.25) is 0 Å². The van der Waals surface area contributed by atoms with Crippen molar-refractivity contribution in [2.45, 2.75) is 12.0 Å². The second kappa shape index (κ2) is 11.3. The van der Waals surface area contributed by atoms with Gasteiger partial charge in [-0.05, 0) is 99.2 Å². The van der Waals surface area contributed by atoms with Gasteiger partial charge >= 0.3 is 0 Å². The van der Waals surface area contributed by atoms with E-state index in [1.165, 1.54) is 88.7 Å². The van der Waals surface area contributed by atoms with Gasteiger partial charge in [-0.2, -0.15) is 0 Å². The summed E-state index contributed by atoms with van der Waals surface area (Å²) in [5, 5.41) is 9.53. The van der Waals surface area contributed by atoms with Crippen molar-refractivity contribution >= 4 is 39.8 Å². The van der Waals surface area contributed by atoms with Crippen LogP contribution in [0.1, 0.15) is 39.1 Å². The molecule has 0 amide bonds. The van der Waals surface area contributed by atoms with Crippen molar-refractivity contribution < 1.29 is 0 Å². The van der Waals surface area contributed by atoms with E-state index in [0.29, 0.717) is 0 Å². The van der Waals surface area contributed by atoms with E-state index in [1.54, 1.807) is 0 Å². The predicted molar refractivity (Wildman–Crippen MR) is 233 cm³/mol. The Labute approximate surface area is 329 Å². The first-order valence-corrected chi connectivity index (χ1v) is 19.8. The Hall–Kier alpha value is -7.37. The standard InChI is InChI=1S/C52H35N5/c1-4-13-41-36(9-1)37-10-2-5-14-42(37)52(41)43-25-26-46-48(49(43)50-44(52)15-8-28-54-50)40-11-3-6-16-45(40)56(46)34-21-17-32(18-22-34)33-19-23-35(24-20-33)57-47-31-53-30-27-38(47)39-12-7-29-55-51(39)57/h1-28,30,53,55H,29,31H2. The van der Waals surface area contributed by atoms with Gasteiger partial charge < -0.3 is 15.2 Å². The van der Waals surface area contributed by atoms with Crippen LogP contribution < -0.4 is 10.6 Å². The molecule has 3 aromatic heterocycles. The Kier molecular flexibility index (Phi) is 6.15. The Morgan fingerprint density at radius 1 is 0.561 bits per heavy atom. The molecular formula is C52H35N5. The third-order valence-electron chi connectivity index (χ3n) is 12.9. The van der Waals surface area contributed by atoms with Crippen LogP contribution in [-0.2, 0) is 12.0 Å². The van der Waals surface area contributed by atoms with Crippen molar-refractivity contribution in [1.29, 1.82) is 0 Å².